The first-order valence-electron chi connectivity index (χ1n) is 5.70. The van der Waals surface area contributed by atoms with Crippen molar-refractivity contribution in [2.24, 2.45) is 0 Å². The Balaban J connectivity index is 1.94. The molecular formula is C14H15AsS3. The Labute approximate surface area is 123 Å². The van der Waals surface area contributed by atoms with E-state index in [9.17, 15) is 0 Å². The number of thiol groups is 1. The summed E-state index contributed by atoms with van der Waals surface area (Å²) >= 11 is 0. The van der Waals surface area contributed by atoms with Crippen molar-refractivity contribution >= 4 is 40.9 Å². The fraction of sp³-hybridized carbons (Fsp3) is 0.143. The second-order valence-corrected chi connectivity index (χ2v) is 23.6. The van der Waals surface area contributed by atoms with Gasteiger partial charge in [-0.15, -0.1) is 0 Å². The zero-order chi connectivity index (χ0) is 12.8. The van der Waals surface area contributed by atoms with Crippen LogP contribution in [0.3, 0.4) is 0 Å². The van der Waals surface area contributed by atoms with E-state index in [1.807, 2.05) is 22.2 Å². The van der Waals surface area contributed by atoms with Crippen molar-refractivity contribution in [1.82, 2.24) is 0 Å². The molecule has 0 amide bonds. The molecule has 0 fully saturated rings. The van der Waals surface area contributed by atoms with Gasteiger partial charge in [-0.1, -0.05) is 0 Å². The molecule has 2 aromatic carbocycles. The molecule has 0 aromatic heterocycles. The van der Waals surface area contributed by atoms with Crippen LogP contribution in [0.15, 0.2) is 60.7 Å². The summed E-state index contributed by atoms with van der Waals surface area (Å²) < 4.78 is 0. The van der Waals surface area contributed by atoms with Crippen LogP contribution in [-0.2, 0) is 11.0 Å². The molecule has 0 aliphatic heterocycles. The molecule has 2 rings (SSSR count). The molecule has 0 radical (unpaired) electrons. The van der Waals surface area contributed by atoms with E-state index in [4.69, 9.17) is 21.3 Å². The van der Waals surface area contributed by atoms with Crippen LogP contribution in [0.4, 0.5) is 0 Å². The molecule has 0 saturated carbocycles. The maximum absolute atomic E-state index is 5.72. The molecule has 0 heterocycles. The summed E-state index contributed by atoms with van der Waals surface area (Å²) in [7, 11) is 10.1. The van der Waals surface area contributed by atoms with Gasteiger partial charge >= 0.3 is 124 Å². The Bertz CT molecular complexity index is 525. The van der Waals surface area contributed by atoms with E-state index in [1.54, 1.807) is 0 Å². The molecule has 2 aromatic rings. The van der Waals surface area contributed by atoms with Crippen LogP contribution in [0.2, 0.25) is 0 Å². The van der Waals surface area contributed by atoms with E-state index in [-0.39, 0.29) is 0 Å². The van der Waals surface area contributed by atoms with E-state index in [0.29, 0.717) is 0 Å². The van der Waals surface area contributed by atoms with E-state index >= 15 is 0 Å². The van der Waals surface area contributed by atoms with Crippen molar-refractivity contribution in [2.75, 3.05) is 0 Å². The number of rotatable bonds is 5. The fourth-order valence-electron chi connectivity index (χ4n) is 1.61. The molecule has 0 bridgehead atoms. The summed E-state index contributed by atoms with van der Waals surface area (Å²) in [5.41, 5.74) is 2.65. The summed E-state index contributed by atoms with van der Waals surface area (Å²) in [6, 6.07) is 20.9. The van der Waals surface area contributed by atoms with E-state index in [2.05, 4.69) is 48.5 Å². The van der Waals surface area contributed by atoms with Crippen LogP contribution >= 0.6 is 31.3 Å². The van der Waals surface area contributed by atoms with Crippen molar-refractivity contribution in [3.05, 3.63) is 71.8 Å². The Hall–Kier alpha value is -0.0816. The quantitative estimate of drug-likeness (QED) is 0.607. The SMILES string of the molecule is S=[As](S)(Cc1ccccc1)SCc1ccccc1. The second-order valence-electron chi connectivity index (χ2n) is 4.04. The van der Waals surface area contributed by atoms with Crippen LogP contribution in [0.1, 0.15) is 11.1 Å². The Morgan fingerprint density at radius 1 is 0.889 bits per heavy atom. The van der Waals surface area contributed by atoms with Gasteiger partial charge in [0.25, 0.3) is 0 Å². The van der Waals surface area contributed by atoms with Gasteiger partial charge in [0.2, 0.25) is 0 Å². The standard InChI is InChI=1S/C14H15AsS3/c16-15(17,11-13-7-3-1-4-8-13)18-12-14-9-5-2-6-10-14/h1-10H,11-12H2,(H,16,17). The Kier molecular flexibility index (Phi) is 5.50. The third-order valence-corrected chi connectivity index (χ3v) is 13.8. The zero-order valence-electron chi connectivity index (χ0n) is 9.90. The fourth-order valence-corrected chi connectivity index (χ4v) is 10.6. The average molecular weight is 354 g/mol. The Morgan fingerprint density at radius 2 is 1.39 bits per heavy atom. The average Bonchev–Trinajstić information content (AvgIpc) is 2.38. The second kappa shape index (κ2) is 6.90. The first kappa shape index (κ1) is 14.3. The van der Waals surface area contributed by atoms with Gasteiger partial charge in [-0.3, -0.25) is 0 Å². The Morgan fingerprint density at radius 3 is 1.94 bits per heavy atom. The number of hydrogen-bond donors (Lipinski definition) is 1. The third-order valence-electron chi connectivity index (χ3n) is 2.50. The van der Waals surface area contributed by atoms with Crippen LogP contribution < -0.4 is 0 Å². The maximum atomic E-state index is 5.72. The molecule has 0 aliphatic carbocycles. The molecule has 4 heteroatoms. The minimum atomic E-state index is -2.29. The normalized spacial score (nSPS) is 14.1. The van der Waals surface area contributed by atoms with E-state index < -0.39 is 9.56 Å². The summed E-state index contributed by atoms with van der Waals surface area (Å²) in [5.74, 6) is 0.980. The molecule has 0 N–H and O–H groups in total. The molecule has 0 spiro atoms. The monoisotopic (exact) mass is 354 g/mol. The van der Waals surface area contributed by atoms with Crippen LogP contribution in [-0.4, -0.2) is 9.56 Å². The zero-order valence-corrected chi connectivity index (χ0v) is 14.3. The first-order chi connectivity index (χ1) is 8.66. The number of benzene rings is 2. The van der Waals surface area contributed by atoms with Gasteiger partial charge in [0.15, 0.2) is 0 Å². The summed E-state index contributed by atoms with van der Waals surface area (Å²) in [6.07, 6.45) is 0. The molecule has 0 nitrogen and oxygen atoms in total. The van der Waals surface area contributed by atoms with Crippen LogP contribution in [0.5, 0.6) is 0 Å². The molecule has 18 heavy (non-hydrogen) atoms. The molecular weight excluding hydrogens is 339 g/mol. The summed E-state index contributed by atoms with van der Waals surface area (Å²) in [4.78, 5) is 0. The van der Waals surface area contributed by atoms with Crippen molar-refractivity contribution in [2.45, 2.75) is 11.0 Å². The van der Waals surface area contributed by atoms with Gasteiger partial charge in [-0.25, -0.2) is 0 Å². The van der Waals surface area contributed by atoms with E-state index in [0.717, 1.165) is 11.0 Å². The van der Waals surface area contributed by atoms with Crippen molar-refractivity contribution in [1.29, 1.82) is 0 Å². The van der Waals surface area contributed by atoms with E-state index in [1.165, 1.54) is 11.1 Å². The molecule has 1 unspecified atom stereocenters. The van der Waals surface area contributed by atoms with Crippen LogP contribution in [0, 0.1) is 0 Å². The van der Waals surface area contributed by atoms with Gasteiger partial charge in [0, 0.05) is 0 Å². The van der Waals surface area contributed by atoms with Gasteiger partial charge < -0.3 is 0 Å². The van der Waals surface area contributed by atoms with Crippen molar-refractivity contribution in [3.63, 3.8) is 0 Å². The number of hydrogen-bond acceptors (Lipinski definition) is 2. The third kappa shape index (κ3) is 4.89. The summed E-state index contributed by atoms with van der Waals surface area (Å²) in [5, 5.41) is 0.967. The van der Waals surface area contributed by atoms with Gasteiger partial charge in [0.1, 0.15) is 0 Å². The first-order valence-corrected chi connectivity index (χ1v) is 15.8. The molecule has 0 saturated heterocycles. The van der Waals surface area contributed by atoms with Gasteiger partial charge in [0.05, 0.1) is 0 Å². The predicted octanol–water partition coefficient (Wildman–Crippen LogP) is 4.77. The van der Waals surface area contributed by atoms with Crippen molar-refractivity contribution in [3.8, 4) is 0 Å². The predicted molar refractivity (Wildman–Crippen MR) is 90.2 cm³/mol. The molecule has 0 aliphatic rings. The minimum absolute atomic E-state index is 0.967. The molecule has 94 valence electrons. The molecule has 1 atom stereocenters. The topological polar surface area (TPSA) is 0 Å². The van der Waals surface area contributed by atoms with Crippen LogP contribution in [0.25, 0.3) is 0 Å². The van der Waals surface area contributed by atoms with Gasteiger partial charge in [-0.05, 0) is 0 Å². The van der Waals surface area contributed by atoms with Crippen molar-refractivity contribution < 1.29 is 0 Å². The summed E-state index contributed by atoms with van der Waals surface area (Å²) in [6.45, 7) is 0. The van der Waals surface area contributed by atoms with Gasteiger partial charge in [-0.2, -0.15) is 0 Å².